The number of hydrogen-bond acceptors (Lipinski definition) is 5. The van der Waals surface area contributed by atoms with Gasteiger partial charge in [0.15, 0.2) is 9.84 Å². The lowest BCUT2D eigenvalue weighted by atomic mass is 10.2. The molecular formula is C10H10F3N3O4S. The highest BCUT2D eigenvalue weighted by Gasteiger charge is 2.32. The molecule has 21 heavy (non-hydrogen) atoms. The summed E-state index contributed by atoms with van der Waals surface area (Å²) < 4.78 is 61.0. The Bertz CT molecular complexity index is 685. The number of nitrogens with two attached hydrogens (primary N) is 2. The first-order valence-electron chi connectivity index (χ1n) is 5.22. The van der Waals surface area contributed by atoms with Crippen LogP contribution >= 0.6 is 0 Å². The Kier molecular flexibility index (Phi) is 4.46. The smallest absolute Gasteiger partial charge is 0.398 e. The van der Waals surface area contributed by atoms with Gasteiger partial charge < -0.3 is 11.5 Å². The minimum atomic E-state index is -4.68. The summed E-state index contributed by atoms with van der Waals surface area (Å²) in [6, 6.07) is 0.356. The zero-order chi connectivity index (χ0) is 16.4. The zero-order valence-corrected chi connectivity index (χ0v) is 11.1. The van der Waals surface area contributed by atoms with Crippen molar-refractivity contribution in [1.82, 2.24) is 5.32 Å². The van der Waals surface area contributed by atoms with Crippen LogP contribution in [-0.4, -0.2) is 26.1 Å². The van der Waals surface area contributed by atoms with E-state index in [1.165, 1.54) is 5.32 Å². The number of amides is 3. The highest BCUT2D eigenvalue weighted by Crippen LogP contribution is 2.32. The summed E-state index contributed by atoms with van der Waals surface area (Å²) in [5.74, 6) is -2.40. The highest BCUT2D eigenvalue weighted by molar-refractivity contribution is 7.92. The molecule has 0 heterocycles. The van der Waals surface area contributed by atoms with Crippen molar-refractivity contribution >= 4 is 27.5 Å². The van der Waals surface area contributed by atoms with E-state index < -0.39 is 49.9 Å². The van der Waals surface area contributed by atoms with Crippen LogP contribution in [0.25, 0.3) is 0 Å². The van der Waals surface area contributed by atoms with E-state index in [1.54, 1.807) is 0 Å². The molecule has 1 rings (SSSR count). The van der Waals surface area contributed by atoms with Crippen molar-refractivity contribution < 1.29 is 31.2 Å². The molecule has 11 heteroatoms. The van der Waals surface area contributed by atoms with Gasteiger partial charge in [0.2, 0.25) is 5.91 Å². The molecule has 0 radical (unpaired) electrons. The Morgan fingerprint density at radius 1 is 1.24 bits per heavy atom. The highest BCUT2D eigenvalue weighted by atomic mass is 32.2. The first-order chi connectivity index (χ1) is 9.43. The SMILES string of the molecule is NC(=O)NC(=O)CS(=O)(=O)c1ccc(C(F)(F)F)cc1N. The molecule has 0 spiro atoms. The summed E-state index contributed by atoms with van der Waals surface area (Å²) >= 11 is 0. The molecule has 0 unspecified atom stereocenters. The van der Waals surface area contributed by atoms with Crippen LogP contribution in [0, 0.1) is 0 Å². The Hall–Kier alpha value is -2.30. The van der Waals surface area contributed by atoms with Crippen LogP contribution in [0.15, 0.2) is 23.1 Å². The van der Waals surface area contributed by atoms with E-state index >= 15 is 0 Å². The largest absolute Gasteiger partial charge is 0.416 e. The molecule has 0 fully saturated rings. The predicted molar refractivity (Wildman–Crippen MR) is 65.6 cm³/mol. The van der Waals surface area contributed by atoms with E-state index in [2.05, 4.69) is 5.73 Å². The number of alkyl halides is 3. The maximum absolute atomic E-state index is 12.4. The lowest BCUT2D eigenvalue weighted by Crippen LogP contribution is -2.38. The van der Waals surface area contributed by atoms with E-state index in [0.717, 1.165) is 0 Å². The molecule has 1 aromatic carbocycles. The molecule has 0 saturated carbocycles. The minimum absolute atomic E-state index is 0.443. The quantitative estimate of drug-likeness (QED) is 0.686. The van der Waals surface area contributed by atoms with Gasteiger partial charge in [-0.3, -0.25) is 10.1 Å². The van der Waals surface area contributed by atoms with Gasteiger partial charge in [0.1, 0.15) is 5.75 Å². The van der Waals surface area contributed by atoms with E-state index in [9.17, 15) is 31.2 Å². The van der Waals surface area contributed by atoms with Crippen LogP contribution in [0.2, 0.25) is 0 Å². The first-order valence-corrected chi connectivity index (χ1v) is 6.87. The number of nitrogens with one attached hydrogen (secondary N) is 1. The number of benzene rings is 1. The number of primary amides is 1. The van der Waals surface area contributed by atoms with E-state index in [1.807, 2.05) is 0 Å². The third-order valence-corrected chi connectivity index (χ3v) is 3.94. The summed E-state index contributed by atoms with van der Waals surface area (Å²) in [5.41, 5.74) is 8.13. The average Bonchev–Trinajstić information content (AvgIpc) is 2.24. The number of nitrogen functional groups attached to an aromatic ring is 1. The first kappa shape index (κ1) is 16.8. The number of urea groups is 1. The van der Waals surface area contributed by atoms with Crippen molar-refractivity contribution in [2.75, 3.05) is 11.5 Å². The van der Waals surface area contributed by atoms with E-state index in [-0.39, 0.29) is 0 Å². The summed E-state index contributed by atoms with van der Waals surface area (Å²) in [7, 11) is -4.31. The van der Waals surface area contributed by atoms with Gasteiger partial charge >= 0.3 is 12.2 Å². The monoisotopic (exact) mass is 325 g/mol. The van der Waals surface area contributed by atoms with Crippen LogP contribution in [0.3, 0.4) is 0 Å². The summed E-state index contributed by atoms with van der Waals surface area (Å²) in [6.45, 7) is 0. The van der Waals surface area contributed by atoms with Gasteiger partial charge in [0, 0.05) is 0 Å². The van der Waals surface area contributed by atoms with Gasteiger partial charge in [0.25, 0.3) is 0 Å². The van der Waals surface area contributed by atoms with Crippen LogP contribution in [-0.2, 0) is 20.8 Å². The molecule has 0 aliphatic heterocycles. The molecule has 0 saturated heterocycles. The minimum Gasteiger partial charge on any atom is -0.398 e. The predicted octanol–water partition coefficient (Wildman–Crippen LogP) is 0.256. The average molecular weight is 325 g/mol. The molecule has 5 N–H and O–H groups in total. The second-order valence-corrected chi connectivity index (χ2v) is 5.88. The number of rotatable bonds is 3. The van der Waals surface area contributed by atoms with Gasteiger partial charge in [-0.1, -0.05) is 0 Å². The molecular weight excluding hydrogens is 315 g/mol. The van der Waals surface area contributed by atoms with Gasteiger partial charge in [-0.25, -0.2) is 13.2 Å². The van der Waals surface area contributed by atoms with Crippen molar-refractivity contribution in [3.63, 3.8) is 0 Å². The Labute approximate surface area is 117 Å². The number of sulfone groups is 1. The molecule has 116 valence electrons. The summed E-state index contributed by atoms with van der Waals surface area (Å²) in [6.07, 6.45) is -4.68. The third kappa shape index (κ3) is 4.34. The molecule has 7 nitrogen and oxygen atoms in total. The Morgan fingerprint density at radius 3 is 2.24 bits per heavy atom. The number of halogens is 3. The second kappa shape index (κ2) is 5.60. The lowest BCUT2D eigenvalue weighted by Gasteiger charge is -2.11. The van der Waals surface area contributed by atoms with Crippen LogP contribution in [0.1, 0.15) is 5.56 Å². The third-order valence-electron chi connectivity index (χ3n) is 2.26. The molecule has 1 aromatic rings. The fourth-order valence-corrected chi connectivity index (χ4v) is 2.70. The van der Waals surface area contributed by atoms with Crippen LogP contribution in [0.4, 0.5) is 23.7 Å². The second-order valence-electron chi connectivity index (χ2n) is 3.92. The van der Waals surface area contributed by atoms with Gasteiger partial charge in [-0.05, 0) is 18.2 Å². The standard InChI is InChI=1S/C10H10F3N3O4S/c11-10(12,13)5-1-2-7(6(14)3-5)21(19,20)4-8(17)16-9(15)18/h1-3H,4,14H2,(H3,15,16,17,18). The van der Waals surface area contributed by atoms with Crippen molar-refractivity contribution in [3.05, 3.63) is 23.8 Å². The van der Waals surface area contributed by atoms with E-state index in [0.29, 0.717) is 18.2 Å². The maximum atomic E-state index is 12.4. The number of imide groups is 1. The Balaban J connectivity index is 3.10. The molecule has 3 amide bonds. The summed E-state index contributed by atoms with van der Waals surface area (Å²) in [5, 5.41) is 1.52. The van der Waals surface area contributed by atoms with Gasteiger partial charge in [-0.15, -0.1) is 0 Å². The number of carbonyl (C=O) groups is 2. The van der Waals surface area contributed by atoms with Crippen molar-refractivity contribution in [3.8, 4) is 0 Å². The fraction of sp³-hybridized carbons (Fsp3) is 0.200. The maximum Gasteiger partial charge on any atom is 0.416 e. The van der Waals surface area contributed by atoms with Gasteiger partial charge in [0.05, 0.1) is 16.1 Å². The van der Waals surface area contributed by atoms with Crippen LogP contribution in [0.5, 0.6) is 0 Å². The molecule has 0 bridgehead atoms. The zero-order valence-electron chi connectivity index (χ0n) is 10.3. The lowest BCUT2D eigenvalue weighted by molar-refractivity contribution is -0.137. The fourth-order valence-electron chi connectivity index (χ4n) is 1.43. The topological polar surface area (TPSA) is 132 Å². The molecule has 0 atom stereocenters. The number of anilines is 1. The van der Waals surface area contributed by atoms with Crippen molar-refractivity contribution in [1.29, 1.82) is 0 Å². The number of hydrogen-bond donors (Lipinski definition) is 3. The van der Waals surface area contributed by atoms with Crippen molar-refractivity contribution in [2.45, 2.75) is 11.1 Å². The van der Waals surface area contributed by atoms with Crippen molar-refractivity contribution in [2.24, 2.45) is 5.73 Å². The van der Waals surface area contributed by atoms with E-state index in [4.69, 9.17) is 5.73 Å². The molecule has 0 aliphatic rings. The van der Waals surface area contributed by atoms with Gasteiger partial charge in [-0.2, -0.15) is 13.2 Å². The summed E-state index contributed by atoms with van der Waals surface area (Å²) in [4.78, 5) is 20.9. The molecule has 0 aromatic heterocycles. The normalized spacial score (nSPS) is 12.0. The Morgan fingerprint density at radius 2 is 1.81 bits per heavy atom. The number of carbonyl (C=O) groups excluding carboxylic acids is 2. The van der Waals surface area contributed by atoms with Crippen LogP contribution < -0.4 is 16.8 Å². The molecule has 0 aliphatic carbocycles.